The predicted octanol–water partition coefficient (Wildman–Crippen LogP) is 5.49. The lowest BCUT2D eigenvalue weighted by atomic mass is 10.2. The van der Waals surface area contributed by atoms with Crippen LogP contribution in [0.5, 0.6) is 5.75 Å². The minimum Gasteiger partial charge on any atom is -0.434 e. The molecule has 0 aliphatic heterocycles. The molecule has 7 nitrogen and oxygen atoms in total. The maximum absolute atomic E-state index is 12.5. The Labute approximate surface area is 187 Å². The van der Waals surface area contributed by atoms with Gasteiger partial charge in [-0.15, -0.1) is 0 Å². The van der Waals surface area contributed by atoms with Crippen LogP contribution in [-0.2, 0) is 4.74 Å². The van der Waals surface area contributed by atoms with Crippen molar-refractivity contribution in [2.24, 2.45) is 0 Å². The molecule has 0 heterocycles. The summed E-state index contributed by atoms with van der Waals surface area (Å²) in [6.07, 6.45) is -0.804. The molecule has 0 aromatic heterocycles. The zero-order valence-electron chi connectivity index (χ0n) is 16.6. The van der Waals surface area contributed by atoms with E-state index in [2.05, 4.69) is 26.6 Å². The van der Waals surface area contributed by atoms with E-state index in [1.165, 1.54) is 24.3 Å². The van der Waals surface area contributed by atoms with Crippen molar-refractivity contribution in [3.05, 3.63) is 88.4 Å². The maximum atomic E-state index is 12.5. The number of ether oxygens (including phenoxy) is 2. The molecule has 0 atom stereocenters. The van der Waals surface area contributed by atoms with Crippen LogP contribution in [0.1, 0.15) is 27.6 Å². The number of carbonyl (C=O) groups is 3. The average molecular weight is 483 g/mol. The molecule has 2 N–H and O–H groups in total. The Morgan fingerprint density at radius 3 is 2.03 bits per heavy atom. The van der Waals surface area contributed by atoms with Gasteiger partial charge in [-0.05, 0) is 67.6 Å². The summed E-state index contributed by atoms with van der Waals surface area (Å²) in [6, 6.07) is 19.9. The van der Waals surface area contributed by atoms with Gasteiger partial charge in [0.1, 0.15) is 5.75 Å². The van der Waals surface area contributed by atoms with Gasteiger partial charge < -0.3 is 20.1 Å². The summed E-state index contributed by atoms with van der Waals surface area (Å²) in [4.78, 5) is 36.2. The van der Waals surface area contributed by atoms with E-state index >= 15 is 0 Å². The van der Waals surface area contributed by atoms with Gasteiger partial charge in [0.2, 0.25) is 0 Å². The van der Waals surface area contributed by atoms with Crippen molar-refractivity contribution < 1.29 is 23.9 Å². The zero-order valence-corrected chi connectivity index (χ0v) is 18.1. The first-order valence-corrected chi connectivity index (χ1v) is 10.2. The smallest absolute Gasteiger partial charge is 0.434 e. The van der Waals surface area contributed by atoms with E-state index < -0.39 is 6.16 Å². The monoisotopic (exact) mass is 482 g/mol. The molecule has 158 valence electrons. The standard InChI is InChI=1S/C23H19BrN2O5/c1-2-30-23(29)31-20-11-9-15(10-12-20)21(27)25-18-7-4-8-19(14-18)26-22(28)16-5-3-6-17(24)13-16/h3-14H,2H2,1H3,(H,25,27)(H,26,28). The quantitative estimate of drug-likeness (QED) is 0.357. The first-order valence-electron chi connectivity index (χ1n) is 9.37. The molecule has 3 aromatic carbocycles. The summed E-state index contributed by atoms with van der Waals surface area (Å²) in [5.41, 5.74) is 1.94. The lowest BCUT2D eigenvalue weighted by Crippen LogP contribution is -2.14. The second kappa shape index (κ2) is 10.4. The third kappa shape index (κ3) is 6.42. The molecule has 3 aromatic rings. The topological polar surface area (TPSA) is 93.7 Å². The summed E-state index contributed by atoms with van der Waals surface area (Å²) < 4.78 is 10.5. The van der Waals surface area contributed by atoms with Crippen LogP contribution in [0, 0.1) is 0 Å². The summed E-state index contributed by atoms with van der Waals surface area (Å²) in [6.45, 7) is 1.89. The van der Waals surface area contributed by atoms with Gasteiger partial charge >= 0.3 is 6.16 Å². The fraction of sp³-hybridized carbons (Fsp3) is 0.0870. The molecular formula is C23H19BrN2O5. The third-order valence-corrected chi connectivity index (χ3v) is 4.54. The van der Waals surface area contributed by atoms with E-state index in [1.54, 1.807) is 49.4 Å². The number of halogens is 1. The molecule has 0 fully saturated rings. The second-order valence-corrected chi connectivity index (χ2v) is 7.22. The minimum atomic E-state index is -0.804. The summed E-state index contributed by atoms with van der Waals surface area (Å²) in [7, 11) is 0. The summed E-state index contributed by atoms with van der Waals surface area (Å²) in [5.74, 6) is -0.340. The van der Waals surface area contributed by atoms with E-state index in [0.717, 1.165) is 4.47 Å². The normalized spacial score (nSPS) is 10.1. The number of hydrogen-bond acceptors (Lipinski definition) is 5. The zero-order chi connectivity index (χ0) is 22.2. The molecule has 0 aliphatic rings. The third-order valence-electron chi connectivity index (χ3n) is 4.04. The fourth-order valence-corrected chi connectivity index (χ4v) is 3.03. The first kappa shape index (κ1) is 22.0. The van der Waals surface area contributed by atoms with E-state index in [4.69, 9.17) is 9.47 Å². The highest BCUT2D eigenvalue weighted by Gasteiger charge is 2.10. The van der Waals surface area contributed by atoms with Crippen LogP contribution in [0.4, 0.5) is 16.2 Å². The first-order chi connectivity index (χ1) is 14.9. The van der Waals surface area contributed by atoms with Crippen molar-refractivity contribution in [3.63, 3.8) is 0 Å². The van der Waals surface area contributed by atoms with E-state index in [1.807, 2.05) is 6.07 Å². The Morgan fingerprint density at radius 1 is 0.806 bits per heavy atom. The van der Waals surface area contributed by atoms with Gasteiger partial charge in [-0.25, -0.2) is 4.79 Å². The number of amides is 2. The van der Waals surface area contributed by atoms with Crippen molar-refractivity contribution in [1.82, 2.24) is 0 Å². The Hall–Kier alpha value is -3.65. The molecule has 0 spiro atoms. The molecule has 0 aliphatic carbocycles. The molecule has 8 heteroatoms. The van der Waals surface area contributed by atoms with Crippen molar-refractivity contribution in [3.8, 4) is 5.75 Å². The van der Waals surface area contributed by atoms with Crippen LogP contribution >= 0.6 is 15.9 Å². The molecule has 2 amide bonds. The molecule has 31 heavy (non-hydrogen) atoms. The molecule has 0 bridgehead atoms. The fourth-order valence-electron chi connectivity index (χ4n) is 2.63. The predicted molar refractivity (Wildman–Crippen MR) is 121 cm³/mol. The number of hydrogen-bond donors (Lipinski definition) is 2. The van der Waals surface area contributed by atoms with Crippen LogP contribution in [0.15, 0.2) is 77.3 Å². The van der Waals surface area contributed by atoms with Crippen molar-refractivity contribution >= 4 is 45.3 Å². The maximum Gasteiger partial charge on any atom is 0.513 e. The van der Waals surface area contributed by atoms with E-state index in [9.17, 15) is 14.4 Å². The highest BCUT2D eigenvalue weighted by Crippen LogP contribution is 2.19. The largest absolute Gasteiger partial charge is 0.513 e. The summed E-state index contributed by atoms with van der Waals surface area (Å²) >= 11 is 3.34. The Bertz CT molecular complexity index is 1100. The lowest BCUT2D eigenvalue weighted by molar-refractivity contribution is 0.101. The van der Waals surface area contributed by atoms with Crippen LogP contribution in [-0.4, -0.2) is 24.6 Å². The molecule has 0 unspecified atom stereocenters. The average Bonchev–Trinajstić information content (AvgIpc) is 2.74. The number of rotatable bonds is 6. The molecule has 0 radical (unpaired) electrons. The van der Waals surface area contributed by atoms with Crippen LogP contribution < -0.4 is 15.4 Å². The van der Waals surface area contributed by atoms with E-state index in [-0.39, 0.29) is 24.2 Å². The van der Waals surface area contributed by atoms with E-state index in [0.29, 0.717) is 22.5 Å². The van der Waals surface area contributed by atoms with Gasteiger partial charge in [-0.1, -0.05) is 28.1 Å². The SMILES string of the molecule is CCOC(=O)Oc1ccc(C(=O)Nc2cccc(NC(=O)c3cccc(Br)c3)c2)cc1. The van der Waals surface area contributed by atoms with Crippen LogP contribution in [0.2, 0.25) is 0 Å². The van der Waals surface area contributed by atoms with Gasteiger partial charge in [0.15, 0.2) is 0 Å². The molecular weight excluding hydrogens is 464 g/mol. The molecule has 3 rings (SSSR count). The number of nitrogens with one attached hydrogen (secondary N) is 2. The highest BCUT2D eigenvalue weighted by molar-refractivity contribution is 9.10. The van der Waals surface area contributed by atoms with Crippen molar-refractivity contribution in [2.45, 2.75) is 6.92 Å². The highest BCUT2D eigenvalue weighted by atomic mass is 79.9. The lowest BCUT2D eigenvalue weighted by Gasteiger charge is -2.10. The van der Waals surface area contributed by atoms with Crippen molar-refractivity contribution in [1.29, 1.82) is 0 Å². The van der Waals surface area contributed by atoms with Gasteiger partial charge in [-0.2, -0.15) is 0 Å². The summed E-state index contributed by atoms with van der Waals surface area (Å²) in [5, 5.41) is 5.57. The number of benzene rings is 3. The van der Waals surface area contributed by atoms with Gasteiger partial charge in [0.05, 0.1) is 6.61 Å². The molecule has 0 saturated heterocycles. The Kier molecular flexibility index (Phi) is 7.40. The Balaban J connectivity index is 1.63. The van der Waals surface area contributed by atoms with Crippen LogP contribution in [0.3, 0.4) is 0 Å². The Morgan fingerprint density at radius 2 is 1.42 bits per heavy atom. The second-order valence-electron chi connectivity index (χ2n) is 6.31. The van der Waals surface area contributed by atoms with Gasteiger partial charge in [-0.3, -0.25) is 9.59 Å². The number of carbonyl (C=O) groups excluding carboxylic acids is 3. The molecule has 0 saturated carbocycles. The van der Waals surface area contributed by atoms with Crippen LogP contribution in [0.25, 0.3) is 0 Å². The minimum absolute atomic E-state index is 0.210. The van der Waals surface area contributed by atoms with Gasteiger partial charge in [0.25, 0.3) is 11.8 Å². The van der Waals surface area contributed by atoms with Gasteiger partial charge in [0, 0.05) is 27.0 Å². The van der Waals surface area contributed by atoms with Crippen molar-refractivity contribution in [2.75, 3.05) is 17.2 Å². The number of anilines is 2.